The third kappa shape index (κ3) is 3.94. The van der Waals surface area contributed by atoms with Crippen molar-refractivity contribution in [1.82, 2.24) is 19.7 Å². The Morgan fingerprint density at radius 1 is 1.41 bits per heavy atom. The summed E-state index contributed by atoms with van der Waals surface area (Å²) in [5.41, 5.74) is 0.164. The molecule has 10 nitrogen and oxygen atoms in total. The number of likely N-dealkylation sites (tertiary alicyclic amines) is 1. The van der Waals surface area contributed by atoms with Crippen molar-refractivity contribution in [3.8, 4) is 5.69 Å². The lowest BCUT2D eigenvalue weighted by atomic mass is 9.97. The second kappa shape index (κ2) is 7.94. The number of carbonyl (C=O) groups is 2. The number of esters is 1. The number of benzene rings is 1. The van der Waals surface area contributed by atoms with Gasteiger partial charge in [-0.1, -0.05) is 0 Å². The molecule has 0 bridgehead atoms. The molecule has 0 saturated carbocycles. The van der Waals surface area contributed by atoms with Crippen LogP contribution in [-0.2, 0) is 9.53 Å². The molecule has 1 aliphatic rings. The van der Waals surface area contributed by atoms with Crippen molar-refractivity contribution in [1.29, 1.82) is 0 Å². The molecule has 2 aromatic rings. The van der Waals surface area contributed by atoms with E-state index in [1.807, 2.05) is 0 Å². The van der Waals surface area contributed by atoms with Gasteiger partial charge in [-0.3, -0.25) is 19.7 Å². The van der Waals surface area contributed by atoms with Crippen molar-refractivity contribution in [2.75, 3.05) is 19.7 Å². The van der Waals surface area contributed by atoms with Gasteiger partial charge in [-0.05, 0) is 31.9 Å². The van der Waals surface area contributed by atoms with Gasteiger partial charge in [0, 0.05) is 24.7 Å². The van der Waals surface area contributed by atoms with Crippen LogP contribution in [0.5, 0.6) is 0 Å². The first kappa shape index (κ1) is 18.5. The number of nitro benzene ring substituents is 1. The normalized spacial score (nSPS) is 16.8. The van der Waals surface area contributed by atoms with Gasteiger partial charge >= 0.3 is 5.97 Å². The largest absolute Gasteiger partial charge is 0.466 e. The van der Waals surface area contributed by atoms with E-state index in [1.54, 1.807) is 11.8 Å². The first-order valence-electron chi connectivity index (χ1n) is 8.60. The van der Waals surface area contributed by atoms with Crippen molar-refractivity contribution >= 4 is 17.6 Å². The van der Waals surface area contributed by atoms with Crippen LogP contribution < -0.4 is 0 Å². The Morgan fingerprint density at radius 2 is 2.22 bits per heavy atom. The van der Waals surface area contributed by atoms with Crippen LogP contribution >= 0.6 is 0 Å². The molecule has 1 saturated heterocycles. The van der Waals surface area contributed by atoms with E-state index < -0.39 is 4.92 Å². The Bertz CT molecular complexity index is 851. The van der Waals surface area contributed by atoms with Crippen molar-refractivity contribution in [2.24, 2.45) is 5.92 Å². The monoisotopic (exact) mass is 373 g/mol. The first-order valence-corrected chi connectivity index (χ1v) is 8.60. The molecule has 3 rings (SSSR count). The number of rotatable bonds is 5. The standard InChI is InChI=1S/C17H19N5O5/c1-2-27-17(24)13-4-3-7-20(9-13)16(23)12-5-6-14(15(8-12)22(25)26)21-11-18-10-19-21/h5-6,8,10-11,13H,2-4,7,9H2,1H3/t13-/m1/s1. The molecule has 0 radical (unpaired) electrons. The summed E-state index contributed by atoms with van der Waals surface area (Å²) in [6.45, 7) is 2.77. The third-order valence-corrected chi connectivity index (χ3v) is 4.41. The fourth-order valence-electron chi connectivity index (χ4n) is 3.13. The number of hydrogen-bond donors (Lipinski definition) is 0. The smallest absolute Gasteiger partial charge is 0.310 e. The van der Waals surface area contributed by atoms with Crippen molar-refractivity contribution in [2.45, 2.75) is 19.8 Å². The zero-order valence-electron chi connectivity index (χ0n) is 14.8. The zero-order valence-corrected chi connectivity index (χ0v) is 14.8. The molecule has 2 heterocycles. The summed E-state index contributed by atoms with van der Waals surface area (Å²) in [5.74, 6) is -1.04. The average Bonchev–Trinajstić information content (AvgIpc) is 3.22. The van der Waals surface area contributed by atoms with Gasteiger partial charge in [-0.15, -0.1) is 0 Å². The highest BCUT2D eigenvalue weighted by atomic mass is 16.6. The minimum atomic E-state index is -0.564. The number of ether oxygens (including phenoxy) is 1. The summed E-state index contributed by atoms with van der Waals surface area (Å²) in [4.78, 5) is 41.0. The van der Waals surface area contributed by atoms with E-state index in [2.05, 4.69) is 10.1 Å². The predicted octanol–water partition coefficient (Wildman–Crippen LogP) is 1.59. The van der Waals surface area contributed by atoms with Crippen LogP contribution in [0.3, 0.4) is 0 Å². The van der Waals surface area contributed by atoms with Gasteiger partial charge in [0.05, 0.1) is 17.4 Å². The van der Waals surface area contributed by atoms with Gasteiger partial charge in [-0.2, -0.15) is 5.10 Å². The van der Waals surface area contributed by atoms with Gasteiger partial charge in [0.1, 0.15) is 18.3 Å². The van der Waals surface area contributed by atoms with Crippen LogP contribution in [-0.4, -0.2) is 56.2 Å². The van der Waals surface area contributed by atoms with Crippen LogP contribution in [0.15, 0.2) is 30.9 Å². The fourth-order valence-corrected chi connectivity index (χ4v) is 3.13. The summed E-state index contributed by atoms with van der Waals surface area (Å²) in [6.07, 6.45) is 3.95. The van der Waals surface area contributed by atoms with E-state index in [0.717, 1.165) is 0 Å². The minimum Gasteiger partial charge on any atom is -0.466 e. The Hall–Kier alpha value is -3.30. The lowest BCUT2D eigenvalue weighted by molar-refractivity contribution is -0.384. The summed E-state index contributed by atoms with van der Waals surface area (Å²) in [5, 5.41) is 15.3. The second-order valence-electron chi connectivity index (χ2n) is 6.14. The van der Waals surface area contributed by atoms with Crippen LogP contribution in [0.1, 0.15) is 30.1 Å². The maximum Gasteiger partial charge on any atom is 0.310 e. The molecular weight excluding hydrogens is 354 g/mol. The molecule has 1 aliphatic heterocycles. The molecule has 1 aromatic heterocycles. The first-order chi connectivity index (χ1) is 13.0. The van der Waals surface area contributed by atoms with Gasteiger partial charge in [0.15, 0.2) is 0 Å². The predicted molar refractivity (Wildman–Crippen MR) is 93.3 cm³/mol. The molecule has 1 fully saturated rings. The quantitative estimate of drug-likeness (QED) is 0.443. The number of nitro groups is 1. The number of amides is 1. The summed E-state index contributed by atoms with van der Waals surface area (Å²) >= 11 is 0. The highest BCUT2D eigenvalue weighted by Gasteiger charge is 2.30. The van der Waals surface area contributed by atoms with Crippen LogP contribution in [0.2, 0.25) is 0 Å². The van der Waals surface area contributed by atoms with Gasteiger partial charge in [-0.25, -0.2) is 9.67 Å². The number of aromatic nitrogens is 3. The van der Waals surface area contributed by atoms with E-state index in [-0.39, 0.29) is 41.3 Å². The third-order valence-electron chi connectivity index (χ3n) is 4.41. The Kier molecular flexibility index (Phi) is 5.43. The Morgan fingerprint density at radius 3 is 2.89 bits per heavy atom. The molecule has 1 atom stereocenters. The zero-order chi connectivity index (χ0) is 19.4. The maximum absolute atomic E-state index is 12.8. The van der Waals surface area contributed by atoms with E-state index in [9.17, 15) is 19.7 Å². The van der Waals surface area contributed by atoms with Crippen molar-refractivity contribution in [3.05, 3.63) is 46.5 Å². The minimum absolute atomic E-state index is 0.190. The van der Waals surface area contributed by atoms with Gasteiger partial charge in [0.2, 0.25) is 0 Å². The molecule has 142 valence electrons. The van der Waals surface area contributed by atoms with E-state index in [0.29, 0.717) is 26.0 Å². The average molecular weight is 373 g/mol. The van der Waals surface area contributed by atoms with Crippen molar-refractivity contribution < 1.29 is 19.2 Å². The molecular formula is C17H19N5O5. The molecule has 1 amide bonds. The number of hydrogen-bond acceptors (Lipinski definition) is 7. The van der Waals surface area contributed by atoms with E-state index in [1.165, 1.54) is 35.5 Å². The lowest BCUT2D eigenvalue weighted by Gasteiger charge is -2.31. The van der Waals surface area contributed by atoms with Crippen LogP contribution in [0.4, 0.5) is 5.69 Å². The summed E-state index contributed by atoms with van der Waals surface area (Å²) < 4.78 is 6.31. The van der Waals surface area contributed by atoms with Crippen molar-refractivity contribution in [3.63, 3.8) is 0 Å². The Labute approximate surface area is 154 Å². The molecule has 27 heavy (non-hydrogen) atoms. The number of nitrogens with zero attached hydrogens (tertiary/aromatic N) is 5. The van der Waals surface area contributed by atoms with Crippen LogP contribution in [0, 0.1) is 16.0 Å². The molecule has 10 heteroatoms. The van der Waals surface area contributed by atoms with Gasteiger partial charge in [0.25, 0.3) is 11.6 Å². The summed E-state index contributed by atoms with van der Waals surface area (Å²) in [6, 6.07) is 4.21. The molecule has 1 aromatic carbocycles. The fraction of sp³-hybridized carbons (Fsp3) is 0.412. The number of piperidine rings is 1. The second-order valence-corrected chi connectivity index (χ2v) is 6.14. The van der Waals surface area contributed by atoms with Gasteiger partial charge < -0.3 is 9.64 Å². The maximum atomic E-state index is 12.8. The van der Waals surface area contributed by atoms with E-state index in [4.69, 9.17) is 4.74 Å². The molecule has 0 aliphatic carbocycles. The number of carbonyl (C=O) groups excluding carboxylic acids is 2. The highest BCUT2D eigenvalue weighted by Crippen LogP contribution is 2.26. The SMILES string of the molecule is CCOC(=O)[C@@H]1CCCN(C(=O)c2ccc(-n3cncn3)c([N+](=O)[O-])c2)C1. The van der Waals surface area contributed by atoms with E-state index >= 15 is 0 Å². The molecule has 0 spiro atoms. The molecule has 0 unspecified atom stereocenters. The Balaban J connectivity index is 1.83. The summed E-state index contributed by atoms with van der Waals surface area (Å²) in [7, 11) is 0. The lowest BCUT2D eigenvalue weighted by Crippen LogP contribution is -2.42. The van der Waals surface area contributed by atoms with Crippen LogP contribution in [0.25, 0.3) is 5.69 Å². The highest BCUT2D eigenvalue weighted by molar-refractivity contribution is 5.95. The molecule has 0 N–H and O–H groups in total. The topological polar surface area (TPSA) is 120 Å².